The van der Waals surface area contributed by atoms with E-state index in [-0.39, 0.29) is 10.8 Å². The number of carbonyl (C=O) groups excluding carboxylic acids is 1. The van der Waals surface area contributed by atoms with E-state index >= 15 is 0 Å². The van der Waals surface area contributed by atoms with E-state index < -0.39 is 24.3 Å². The van der Waals surface area contributed by atoms with Crippen LogP contribution in [0.15, 0.2) is 42.5 Å². The van der Waals surface area contributed by atoms with Crippen LogP contribution in [0, 0.1) is 0 Å². The van der Waals surface area contributed by atoms with Crippen molar-refractivity contribution in [2.24, 2.45) is 0 Å². The molecule has 0 aliphatic rings. The summed E-state index contributed by atoms with van der Waals surface area (Å²) < 4.78 is 42.8. The summed E-state index contributed by atoms with van der Waals surface area (Å²) in [5, 5.41) is 3.10. The first-order valence-electron chi connectivity index (χ1n) is 6.30. The van der Waals surface area contributed by atoms with E-state index in [1.165, 1.54) is 30.3 Å². The average Bonchev–Trinajstić information content (AvgIpc) is 2.48. The van der Waals surface area contributed by atoms with Gasteiger partial charge in [-0.25, -0.2) is 0 Å². The molecule has 0 atom stereocenters. The summed E-state index contributed by atoms with van der Waals surface area (Å²) in [6, 6.07) is 8.78. The molecule has 1 N–H and O–H groups in total. The van der Waals surface area contributed by atoms with Gasteiger partial charge in [0.15, 0.2) is 6.61 Å². The van der Waals surface area contributed by atoms with Crippen molar-refractivity contribution in [2.75, 3.05) is 11.9 Å². The van der Waals surface area contributed by atoms with Gasteiger partial charge in [-0.2, -0.15) is 13.2 Å². The Labute approximate surface area is 140 Å². The van der Waals surface area contributed by atoms with E-state index in [0.717, 1.165) is 12.1 Å². The van der Waals surface area contributed by atoms with Gasteiger partial charge in [-0.15, -0.1) is 0 Å². The number of carbonyl (C=O) groups is 1. The van der Waals surface area contributed by atoms with Gasteiger partial charge in [0.25, 0.3) is 5.91 Å². The highest BCUT2D eigenvalue weighted by molar-refractivity contribution is 6.42. The molecule has 0 heterocycles. The molecule has 2 aromatic rings. The van der Waals surface area contributed by atoms with Gasteiger partial charge in [0.05, 0.1) is 15.6 Å². The lowest BCUT2D eigenvalue weighted by Gasteiger charge is -2.10. The largest absolute Gasteiger partial charge is 0.484 e. The van der Waals surface area contributed by atoms with Gasteiger partial charge in [-0.1, -0.05) is 29.3 Å². The molecule has 0 saturated carbocycles. The molecule has 3 nitrogen and oxygen atoms in total. The second-order valence-electron chi connectivity index (χ2n) is 4.49. The van der Waals surface area contributed by atoms with Crippen molar-refractivity contribution in [2.45, 2.75) is 6.18 Å². The fourth-order valence-electron chi connectivity index (χ4n) is 1.68. The molecular formula is C15H10Cl2F3NO2. The third-order valence-corrected chi connectivity index (χ3v) is 3.47. The number of halogens is 5. The van der Waals surface area contributed by atoms with Crippen molar-refractivity contribution in [3.8, 4) is 5.75 Å². The maximum Gasteiger partial charge on any atom is 0.416 e. The third-order valence-electron chi connectivity index (χ3n) is 2.73. The first-order valence-corrected chi connectivity index (χ1v) is 7.06. The molecule has 0 unspecified atom stereocenters. The van der Waals surface area contributed by atoms with Crippen molar-refractivity contribution in [3.05, 3.63) is 58.1 Å². The second-order valence-corrected chi connectivity index (χ2v) is 5.31. The van der Waals surface area contributed by atoms with Gasteiger partial charge >= 0.3 is 6.18 Å². The summed E-state index contributed by atoms with van der Waals surface area (Å²) in [5.74, 6) is -0.593. The van der Waals surface area contributed by atoms with E-state index in [0.29, 0.717) is 10.7 Å². The topological polar surface area (TPSA) is 38.3 Å². The lowest BCUT2D eigenvalue weighted by molar-refractivity contribution is -0.137. The molecule has 0 aliphatic heterocycles. The Morgan fingerprint density at radius 2 is 1.83 bits per heavy atom. The summed E-state index contributed by atoms with van der Waals surface area (Å²) in [7, 11) is 0. The highest BCUT2D eigenvalue weighted by Crippen LogP contribution is 2.31. The molecule has 122 valence electrons. The second kappa shape index (κ2) is 7.10. The highest BCUT2D eigenvalue weighted by atomic mass is 35.5. The Morgan fingerprint density at radius 1 is 1.09 bits per heavy atom. The summed E-state index contributed by atoms with van der Waals surface area (Å²) in [6.07, 6.45) is -4.47. The van der Waals surface area contributed by atoms with Crippen molar-refractivity contribution in [1.29, 1.82) is 0 Å². The first kappa shape index (κ1) is 17.4. The minimum Gasteiger partial charge on any atom is -0.484 e. The Bertz CT molecular complexity index is 720. The van der Waals surface area contributed by atoms with Gasteiger partial charge in [0.1, 0.15) is 5.75 Å². The Balaban J connectivity index is 1.95. The maximum atomic E-state index is 12.6. The molecule has 0 aromatic heterocycles. The first-order chi connectivity index (χ1) is 10.8. The molecule has 23 heavy (non-hydrogen) atoms. The quantitative estimate of drug-likeness (QED) is 0.827. The molecule has 2 aromatic carbocycles. The number of hydrogen-bond donors (Lipinski definition) is 1. The van der Waals surface area contributed by atoms with Gasteiger partial charge in [-0.3, -0.25) is 4.79 Å². The van der Waals surface area contributed by atoms with Gasteiger partial charge in [0, 0.05) is 5.69 Å². The molecule has 2 rings (SSSR count). The van der Waals surface area contributed by atoms with Crippen molar-refractivity contribution in [1.82, 2.24) is 0 Å². The van der Waals surface area contributed by atoms with Gasteiger partial charge in [0.2, 0.25) is 0 Å². The fraction of sp³-hybridized carbons (Fsp3) is 0.133. The molecule has 0 radical (unpaired) electrons. The third kappa shape index (κ3) is 5.04. The van der Waals surface area contributed by atoms with Gasteiger partial charge < -0.3 is 10.1 Å². The number of hydrogen-bond acceptors (Lipinski definition) is 2. The summed E-state index contributed by atoms with van der Waals surface area (Å²) >= 11 is 11.6. The van der Waals surface area contributed by atoms with E-state index in [1.807, 2.05) is 0 Å². The summed E-state index contributed by atoms with van der Waals surface area (Å²) in [6.45, 7) is -0.443. The maximum absolute atomic E-state index is 12.6. The predicted octanol–water partition coefficient (Wildman–Crippen LogP) is 5.03. The molecule has 0 bridgehead atoms. The van der Waals surface area contributed by atoms with Crippen LogP contribution in [0.3, 0.4) is 0 Å². The standard InChI is InChI=1S/C15H10Cl2F3NO2/c16-12-5-4-10(7-13(12)17)21-14(22)8-23-11-3-1-2-9(6-11)15(18,19)20/h1-7H,8H2,(H,21,22). The van der Waals surface area contributed by atoms with Crippen LogP contribution < -0.4 is 10.1 Å². The Kier molecular flexibility index (Phi) is 5.38. The normalized spacial score (nSPS) is 11.2. The minimum absolute atomic E-state index is 0.0517. The zero-order valence-corrected chi connectivity index (χ0v) is 13.0. The number of anilines is 1. The summed E-state index contributed by atoms with van der Waals surface area (Å²) in [4.78, 5) is 11.7. The number of rotatable bonds is 4. The predicted molar refractivity (Wildman–Crippen MR) is 82.0 cm³/mol. The molecule has 1 amide bonds. The van der Waals surface area contributed by atoms with Crippen LogP contribution in [0.2, 0.25) is 10.0 Å². The number of amides is 1. The van der Waals surface area contributed by atoms with Crippen molar-refractivity contribution in [3.63, 3.8) is 0 Å². The number of alkyl halides is 3. The smallest absolute Gasteiger partial charge is 0.416 e. The highest BCUT2D eigenvalue weighted by Gasteiger charge is 2.30. The monoisotopic (exact) mass is 363 g/mol. The average molecular weight is 364 g/mol. The van der Waals surface area contributed by atoms with Crippen LogP contribution in [0.25, 0.3) is 0 Å². The molecule has 0 fully saturated rings. The lowest BCUT2D eigenvalue weighted by Crippen LogP contribution is -2.20. The molecular weight excluding hydrogens is 354 g/mol. The van der Waals surface area contributed by atoms with Crippen LogP contribution in [-0.4, -0.2) is 12.5 Å². The van der Waals surface area contributed by atoms with E-state index in [9.17, 15) is 18.0 Å². The Hall–Kier alpha value is -1.92. The SMILES string of the molecule is O=C(COc1cccc(C(F)(F)F)c1)Nc1ccc(Cl)c(Cl)c1. The minimum atomic E-state index is -4.47. The number of nitrogens with one attached hydrogen (secondary N) is 1. The van der Waals surface area contributed by atoms with Crippen molar-refractivity contribution < 1.29 is 22.7 Å². The lowest BCUT2D eigenvalue weighted by atomic mass is 10.2. The number of benzene rings is 2. The van der Waals surface area contributed by atoms with E-state index in [2.05, 4.69) is 5.32 Å². The molecule has 0 saturated heterocycles. The molecule has 0 aliphatic carbocycles. The van der Waals surface area contributed by atoms with Crippen LogP contribution >= 0.6 is 23.2 Å². The van der Waals surface area contributed by atoms with Gasteiger partial charge in [-0.05, 0) is 36.4 Å². The zero-order valence-electron chi connectivity index (χ0n) is 11.5. The van der Waals surface area contributed by atoms with E-state index in [1.54, 1.807) is 0 Å². The van der Waals surface area contributed by atoms with Crippen LogP contribution in [0.4, 0.5) is 18.9 Å². The van der Waals surface area contributed by atoms with Crippen LogP contribution in [0.1, 0.15) is 5.56 Å². The summed E-state index contributed by atoms with van der Waals surface area (Å²) in [5.41, 5.74) is -0.447. The van der Waals surface area contributed by atoms with Crippen molar-refractivity contribution >= 4 is 34.8 Å². The number of ether oxygens (including phenoxy) is 1. The fourth-order valence-corrected chi connectivity index (χ4v) is 1.98. The van der Waals surface area contributed by atoms with Crippen LogP contribution in [-0.2, 0) is 11.0 Å². The van der Waals surface area contributed by atoms with Crippen LogP contribution in [0.5, 0.6) is 5.75 Å². The molecule has 0 spiro atoms. The van der Waals surface area contributed by atoms with E-state index in [4.69, 9.17) is 27.9 Å². The molecule has 8 heteroatoms. The Morgan fingerprint density at radius 3 is 2.48 bits per heavy atom. The zero-order chi connectivity index (χ0) is 17.0.